The molecule has 0 atom stereocenters. The number of hydrogen-bond acceptors (Lipinski definition) is 3. The summed E-state index contributed by atoms with van der Waals surface area (Å²) in [6, 6.07) is 3.38. The Bertz CT molecular complexity index is 452. The summed E-state index contributed by atoms with van der Waals surface area (Å²) in [5.74, 6) is 1.28. The molecule has 0 aliphatic carbocycles. The topological polar surface area (TPSA) is 35.5 Å². The maximum absolute atomic E-state index is 11.3. The Morgan fingerprint density at radius 1 is 1.50 bits per heavy atom. The van der Waals surface area contributed by atoms with E-state index in [2.05, 4.69) is 0 Å². The lowest BCUT2D eigenvalue weighted by molar-refractivity contribution is 0.108. The first-order valence-electron chi connectivity index (χ1n) is 5.03. The summed E-state index contributed by atoms with van der Waals surface area (Å²) in [7, 11) is 1.58. The van der Waals surface area contributed by atoms with Crippen molar-refractivity contribution in [2.24, 2.45) is 0 Å². The van der Waals surface area contributed by atoms with E-state index in [0.29, 0.717) is 23.5 Å². The van der Waals surface area contributed by atoms with Crippen LogP contribution in [0.4, 0.5) is 0 Å². The van der Waals surface area contributed by atoms with E-state index >= 15 is 0 Å². The van der Waals surface area contributed by atoms with Crippen LogP contribution in [0.3, 0.4) is 0 Å². The van der Waals surface area contributed by atoms with Gasteiger partial charge in [-0.3, -0.25) is 4.79 Å². The molecule has 0 saturated carbocycles. The highest BCUT2D eigenvalue weighted by Gasteiger charge is 2.35. The third-order valence-electron chi connectivity index (χ3n) is 2.64. The summed E-state index contributed by atoms with van der Waals surface area (Å²) < 4.78 is 11.0. The first kappa shape index (κ1) is 11.3. The second-order valence-corrected chi connectivity index (χ2v) is 4.78. The van der Waals surface area contributed by atoms with Gasteiger partial charge < -0.3 is 9.47 Å². The van der Waals surface area contributed by atoms with E-state index in [-0.39, 0.29) is 5.60 Å². The quantitative estimate of drug-likeness (QED) is 0.746. The number of carbonyl (C=O) groups is 1. The molecule has 86 valence electrons. The summed E-state index contributed by atoms with van der Waals surface area (Å²) >= 11 is 5.54. The zero-order chi connectivity index (χ0) is 11.9. The van der Waals surface area contributed by atoms with E-state index in [4.69, 9.17) is 21.1 Å². The number of halogens is 1. The van der Waals surface area contributed by atoms with Crippen molar-refractivity contribution >= 4 is 16.8 Å². The molecule has 4 heteroatoms. The van der Waals surface area contributed by atoms with Crippen LogP contribution in [0.1, 0.15) is 29.8 Å². The van der Waals surface area contributed by atoms with Crippen LogP contribution in [-0.4, -0.2) is 18.0 Å². The van der Waals surface area contributed by atoms with Gasteiger partial charge in [0.1, 0.15) is 5.60 Å². The lowest BCUT2D eigenvalue weighted by atomic mass is 9.97. The number of fused-ring (bicyclic) bond motifs is 1. The molecule has 0 bridgehead atoms. The molecule has 0 spiro atoms. The standard InChI is InChI=1S/C12H13ClO3/c1-12(2)6-8-7(11(13)14)4-5-9(15-3)10(8)16-12/h4-5H,6H2,1-3H3. The van der Waals surface area contributed by atoms with Gasteiger partial charge in [0.25, 0.3) is 5.24 Å². The van der Waals surface area contributed by atoms with Crippen molar-refractivity contribution in [1.29, 1.82) is 0 Å². The van der Waals surface area contributed by atoms with Crippen molar-refractivity contribution in [1.82, 2.24) is 0 Å². The van der Waals surface area contributed by atoms with Gasteiger partial charge in [-0.2, -0.15) is 0 Å². The minimum Gasteiger partial charge on any atom is -0.493 e. The van der Waals surface area contributed by atoms with E-state index in [1.807, 2.05) is 13.8 Å². The highest BCUT2D eigenvalue weighted by Crippen LogP contribution is 2.43. The fraction of sp³-hybridized carbons (Fsp3) is 0.417. The van der Waals surface area contributed by atoms with Gasteiger partial charge in [0, 0.05) is 17.5 Å². The Balaban J connectivity index is 2.59. The van der Waals surface area contributed by atoms with E-state index in [9.17, 15) is 4.79 Å². The van der Waals surface area contributed by atoms with Crippen LogP contribution in [0.25, 0.3) is 0 Å². The summed E-state index contributed by atoms with van der Waals surface area (Å²) in [4.78, 5) is 11.3. The zero-order valence-corrected chi connectivity index (χ0v) is 10.2. The molecule has 0 radical (unpaired) electrons. The number of carbonyl (C=O) groups excluding carboxylic acids is 1. The van der Waals surface area contributed by atoms with E-state index < -0.39 is 5.24 Å². The van der Waals surface area contributed by atoms with E-state index in [1.165, 1.54) is 0 Å². The minimum absolute atomic E-state index is 0.321. The molecule has 1 aromatic carbocycles. The highest BCUT2D eigenvalue weighted by molar-refractivity contribution is 6.68. The minimum atomic E-state index is -0.458. The Morgan fingerprint density at radius 3 is 2.75 bits per heavy atom. The third-order valence-corrected chi connectivity index (χ3v) is 2.84. The van der Waals surface area contributed by atoms with Crippen LogP contribution in [0.5, 0.6) is 11.5 Å². The molecule has 16 heavy (non-hydrogen) atoms. The van der Waals surface area contributed by atoms with Gasteiger partial charge in [0.2, 0.25) is 0 Å². The Morgan fingerprint density at radius 2 is 2.19 bits per heavy atom. The van der Waals surface area contributed by atoms with Crippen LogP contribution in [0.2, 0.25) is 0 Å². The molecule has 0 fully saturated rings. The molecule has 1 heterocycles. The Kier molecular flexibility index (Phi) is 2.58. The molecular weight excluding hydrogens is 228 g/mol. The van der Waals surface area contributed by atoms with Crippen molar-refractivity contribution in [2.75, 3.05) is 7.11 Å². The largest absolute Gasteiger partial charge is 0.493 e. The van der Waals surface area contributed by atoms with Gasteiger partial charge in [-0.25, -0.2) is 0 Å². The highest BCUT2D eigenvalue weighted by atomic mass is 35.5. The summed E-state index contributed by atoms with van der Waals surface area (Å²) in [6.45, 7) is 3.93. The van der Waals surface area contributed by atoms with Gasteiger partial charge in [-0.05, 0) is 37.6 Å². The molecule has 1 aromatic rings. The van der Waals surface area contributed by atoms with Crippen LogP contribution >= 0.6 is 11.6 Å². The van der Waals surface area contributed by atoms with Gasteiger partial charge >= 0.3 is 0 Å². The molecule has 3 nitrogen and oxygen atoms in total. The van der Waals surface area contributed by atoms with Crippen LogP contribution in [0, 0.1) is 0 Å². The second kappa shape index (κ2) is 3.67. The molecule has 2 rings (SSSR count). The molecule has 0 unspecified atom stereocenters. The summed E-state index contributed by atoms with van der Waals surface area (Å²) in [6.07, 6.45) is 0.660. The molecule has 0 aromatic heterocycles. The number of benzene rings is 1. The fourth-order valence-electron chi connectivity index (χ4n) is 1.98. The van der Waals surface area contributed by atoms with Crippen LogP contribution in [-0.2, 0) is 6.42 Å². The third kappa shape index (κ3) is 1.76. The van der Waals surface area contributed by atoms with Gasteiger partial charge in [-0.1, -0.05) is 0 Å². The monoisotopic (exact) mass is 240 g/mol. The lowest BCUT2D eigenvalue weighted by Gasteiger charge is -2.17. The lowest BCUT2D eigenvalue weighted by Crippen LogP contribution is -2.25. The molecule has 1 aliphatic heterocycles. The van der Waals surface area contributed by atoms with Crippen molar-refractivity contribution in [3.8, 4) is 11.5 Å². The predicted octanol–water partition coefficient (Wildman–Crippen LogP) is 2.79. The van der Waals surface area contributed by atoms with Gasteiger partial charge in [0.15, 0.2) is 11.5 Å². The van der Waals surface area contributed by atoms with E-state index in [0.717, 1.165) is 5.56 Å². The first-order chi connectivity index (χ1) is 7.44. The number of ether oxygens (including phenoxy) is 2. The molecular formula is C12H13ClO3. The number of hydrogen-bond donors (Lipinski definition) is 0. The SMILES string of the molecule is COc1ccc(C(=O)Cl)c2c1OC(C)(C)C2. The Labute approximate surface area is 99.3 Å². The van der Waals surface area contributed by atoms with Crippen molar-refractivity contribution in [2.45, 2.75) is 25.9 Å². The molecule has 0 N–H and O–H groups in total. The smallest absolute Gasteiger partial charge is 0.252 e. The average molecular weight is 241 g/mol. The second-order valence-electron chi connectivity index (χ2n) is 4.44. The van der Waals surface area contributed by atoms with Crippen LogP contribution < -0.4 is 9.47 Å². The normalized spacial score (nSPS) is 16.5. The summed E-state index contributed by atoms with van der Waals surface area (Å²) in [5.41, 5.74) is 1.02. The maximum atomic E-state index is 11.3. The zero-order valence-electron chi connectivity index (χ0n) is 9.46. The number of rotatable bonds is 2. The van der Waals surface area contributed by atoms with Crippen molar-refractivity contribution in [3.05, 3.63) is 23.3 Å². The fourth-order valence-corrected chi connectivity index (χ4v) is 2.15. The average Bonchev–Trinajstić information content (AvgIpc) is 2.50. The number of methoxy groups -OCH3 is 1. The first-order valence-corrected chi connectivity index (χ1v) is 5.41. The van der Waals surface area contributed by atoms with Gasteiger partial charge in [-0.15, -0.1) is 0 Å². The van der Waals surface area contributed by atoms with Gasteiger partial charge in [0.05, 0.1) is 7.11 Å². The summed E-state index contributed by atoms with van der Waals surface area (Å²) in [5, 5.41) is -0.458. The molecule has 0 saturated heterocycles. The van der Waals surface area contributed by atoms with Crippen LogP contribution in [0.15, 0.2) is 12.1 Å². The molecule has 0 amide bonds. The van der Waals surface area contributed by atoms with Crippen molar-refractivity contribution in [3.63, 3.8) is 0 Å². The molecule has 1 aliphatic rings. The van der Waals surface area contributed by atoms with Crippen molar-refractivity contribution < 1.29 is 14.3 Å². The maximum Gasteiger partial charge on any atom is 0.252 e. The predicted molar refractivity (Wildman–Crippen MR) is 61.6 cm³/mol. The van der Waals surface area contributed by atoms with E-state index in [1.54, 1.807) is 19.2 Å². The Hall–Kier alpha value is -1.22.